The minimum atomic E-state index is -0.340. The number of carbonyl (C=O) groups is 2. The predicted molar refractivity (Wildman–Crippen MR) is 103 cm³/mol. The van der Waals surface area contributed by atoms with E-state index >= 15 is 0 Å². The lowest BCUT2D eigenvalue weighted by Gasteiger charge is -2.37. The van der Waals surface area contributed by atoms with Crippen LogP contribution < -0.4 is 16.2 Å². The summed E-state index contributed by atoms with van der Waals surface area (Å²) in [4.78, 5) is 26.3. The van der Waals surface area contributed by atoms with Crippen molar-refractivity contribution in [2.75, 3.05) is 13.1 Å². The highest BCUT2D eigenvalue weighted by Gasteiger charge is 2.43. The minimum absolute atomic E-state index is 0.0129. The summed E-state index contributed by atoms with van der Waals surface area (Å²) >= 11 is 0. The standard InChI is InChI=1S/C21H24N4O2/c26-19-9-8-18(22-19)21(27)25-11-10-17-16(12-25)20(24-23-17)15-7-3-5-13-4-1-2-6-14(13)15/h1-7,16-18,20,23-24H,8-12H2,(H,22,26)/t16?,17?,18-,20?/m1/s1. The van der Waals surface area contributed by atoms with Gasteiger partial charge in [-0.2, -0.15) is 0 Å². The van der Waals surface area contributed by atoms with E-state index < -0.39 is 0 Å². The Morgan fingerprint density at radius 1 is 1.04 bits per heavy atom. The molecule has 3 fully saturated rings. The van der Waals surface area contributed by atoms with E-state index in [1.165, 1.54) is 16.3 Å². The largest absolute Gasteiger partial charge is 0.344 e. The molecule has 0 aromatic heterocycles. The van der Waals surface area contributed by atoms with Crippen LogP contribution in [0.1, 0.15) is 30.9 Å². The molecule has 5 rings (SSSR count). The van der Waals surface area contributed by atoms with Crippen molar-refractivity contribution in [3.8, 4) is 0 Å². The van der Waals surface area contributed by atoms with E-state index in [-0.39, 0.29) is 23.9 Å². The zero-order valence-corrected chi connectivity index (χ0v) is 15.2. The molecule has 3 unspecified atom stereocenters. The van der Waals surface area contributed by atoms with E-state index in [1.54, 1.807) is 0 Å². The van der Waals surface area contributed by atoms with Gasteiger partial charge in [-0.05, 0) is 29.2 Å². The third-order valence-electron chi connectivity index (χ3n) is 6.27. The molecule has 140 valence electrons. The Hall–Kier alpha value is -2.44. The normalized spacial score (nSPS) is 30.4. The van der Waals surface area contributed by atoms with Crippen LogP contribution >= 0.6 is 0 Å². The Morgan fingerprint density at radius 3 is 2.74 bits per heavy atom. The van der Waals surface area contributed by atoms with Gasteiger partial charge in [-0.25, -0.2) is 5.43 Å². The molecule has 3 saturated heterocycles. The van der Waals surface area contributed by atoms with Gasteiger partial charge in [-0.15, -0.1) is 0 Å². The zero-order chi connectivity index (χ0) is 18.4. The number of hydrogen-bond acceptors (Lipinski definition) is 4. The molecule has 2 aromatic rings. The van der Waals surface area contributed by atoms with E-state index in [4.69, 9.17) is 0 Å². The number of rotatable bonds is 2. The minimum Gasteiger partial charge on any atom is -0.344 e. The van der Waals surface area contributed by atoms with E-state index in [0.717, 1.165) is 13.0 Å². The number of benzene rings is 2. The number of nitrogens with one attached hydrogen (secondary N) is 3. The summed E-state index contributed by atoms with van der Waals surface area (Å²) in [5, 5.41) is 5.31. The number of likely N-dealkylation sites (tertiary alicyclic amines) is 1. The summed E-state index contributed by atoms with van der Waals surface area (Å²) in [7, 11) is 0. The number of nitrogens with zero attached hydrogens (tertiary/aromatic N) is 1. The van der Waals surface area contributed by atoms with Gasteiger partial charge >= 0.3 is 0 Å². The summed E-state index contributed by atoms with van der Waals surface area (Å²) in [6.45, 7) is 1.45. The molecule has 0 spiro atoms. The van der Waals surface area contributed by atoms with Gasteiger partial charge in [0, 0.05) is 31.5 Å². The average Bonchev–Trinajstić information content (AvgIpc) is 3.32. The summed E-state index contributed by atoms with van der Waals surface area (Å²) in [6, 6.07) is 15.0. The first-order valence-electron chi connectivity index (χ1n) is 9.77. The monoisotopic (exact) mass is 364 g/mol. The first-order chi connectivity index (χ1) is 13.2. The fraction of sp³-hybridized carbons (Fsp3) is 0.429. The Bertz CT molecular complexity index is 893. The molecule has 0 radical (unpaired) electrons. The molecule has 0 aliphatic carbocycles. The molecular formula is C21H24N4O2. The van der Waals surface area contributed by atoms with Crippen LogP contribution in [-0.4, -0.2) is 41.9 Å². The van der Waals surface area contributed by atoms with Gasteiger partial charge in [0.15, 0.2) is 0 Å². The molecule has 27 heavy (non-hydrogen) atoms. The van der Waals surface area contributed by atoms with Crippen LogP contribution in [0.25, 0.3) is 10.8 Å². The van der Waals surface area contributed by atoms with Crippen LogP contribution in [0.4, 0.5) is 0 Å². The lowest BCUT2D eigenvalue weighted by atomic mass is 9.83. The van der Waals surface area contributed by atoms with E-state index in [9.17, 15) is 9.59 Å². The fourth-order valence-electron chi connectivity index (χ4n) is 4.85. The van der Waals surface area contributed by atoms with Crippen LogP contribution in [0.15, 0.2) is 42.5 Å². The topological polar surface area (TPSA) is 73.5 Å². The van der Waals surface area contributed by atoms with Gasteiger partial charge in [0.25, 0.3) is 0 Å². The molecule has 4 atom stereocenters. The summed E-state index contributed by atoms with van der Waals surface area (Å²) in [5.74, 6) is 0.370. The summed E-state index contributed by atoms with van der Waals surface area (Å²) < 4.78 is 0. The third-order valence-corrected chi connectivity index (χ3v) is 6.27. The number of hydrogen-bond donors (Lipinski definition) is 3. The molecule has 3 N–H and O–H groups in total. The second-order valence-corrected chi connectivity index (χ2v) is 7.84. The Kier molecular flexibility index (Phi) is 4.10. The lowest BCUT2D eigenvalue weighted by molar-refractivity contribution is -0.136. The zero-order valence-electron chi connectivity index (χ0n) is 15.2. The van der Waals surface area contributed by atoms with Crippen molar-refractivity contribution < 1.29 is 9.59 Å². The molecular weight excluding hydrogens is 340 g/mol. The highest BCUT2D eigenvalue weighted by Crippen LogP contribution is 2.37. The molecule has 3 aliphatic rings. The first kappa shape index (κ1) is 16.7. The van der Waals surface area contributed by atoms with Crippen molar-refractivity contribution in [3.63, 3.8) is 0 Å². The molecule has 2 aromatic carbocycles. The first-order valence-corrected chi connectivity index (χ1v) is 9.77. The highest BCUT2D eigenvalue weighted by molar-refractivity contribution is 5.91. The van der Waals surface area contributed by atoms with Crippen LogP contribution in [0, 0.1) is 5.92 Å². The fourth-order valence-corrected chi connectivity index (χ4v) is 4.85. The van der Waals surface area contributed by atoms with Crippen molar-refractivity contribution in [3.05, 3.63) is 48.0 Å². The lowest BCUT2D eigenvalue weighted by Crippen LogP contribution is -2.52. The van der Waals surface area contributed by atoms with Gasteiger partial charge in [-0.1, -0.05) is 42.5 Å². The Labute approximate surface area is 158 Å². The van der Waals surface area contributed by atoms with Crippen LogP contribution in [0.2, 0.25) is 0 Å². The predicted octanol–water partition coefficient (Wildman–Crippen LogP) is 1.48. The molecule has 3 aliphatic heterocycles. The second kappa shape index (κ2) is 6.62. The molecule has 2 amide bonds. The molecule has 3 heterocycles. The maximum atomic E-state index is 12.9. The Balaban J connectivity index is 1.40. The smallest absolute Gasteiger partial charge is 0.245 e. The molecule has 6 nitrogen and oxygen atoms in total. The van der Waals surface area contributed by atoms with Gasteiger partial charge in [-0.3, -0.25) is 15.0 Å². The molecule has 0 bridgehead atoms. The highest BCUT2D eigenvalue weighted by atomic mass is 16.2. The third kappa shape index (κ3) is 2.89. The van der Waals surface area contributed by atoms with Crippen molar-refractivity contribution >= 4 is 22.6 Å². The number of hydrazine groups is 1. The molecule has 6 heteroatoms. The van der Waals surface area contributed by atoms with Crippen molar-refractivity contribution in [1.29, 1.82) is 0 Å². The van der Waals surface area contributed by atoms with Gasteiger partial charge < -0.3 is 10.2 Å². The Morgan fingerprint density at radius 2 is 1.89 bits per heavy atom. The number of carbonyl (C=O) groups excluding carboxylic acids is 2. The van der Waals surface area contributed by atoms with Gasteiger partial charge in [0.05, 0.1) is 6.04 Å². The summed E-state index contributed by atoms with van der Waals surface area (Å²) in [5.41, 5.74) is 8.21. The number of amides is 2. The van der Waals surface area contributed by atoms with Crippen molar-refractivity contribution in [2.45, 2.75) is 37.4 Å². The van der Waals surface area contributed by atoms with E-state index in [0.29, 0.717) is 31.3 Å². The SMILES string of the molecule is O=C1CC[C@H](C(=O)N2CCC3NNC(c4cccc5ccccc45)C3C2)N1. The van der Waals surface area contributed by atoms with Crippen molar-refractivity contribution in [2.24, 2.45) is 5.92 Å². The average molecular weight is 364 g/mol. The summed E-state index contributed by atoms with van der Waals surface area (Å²) in [6.07, 6.45) is 1.99. The van der Waals surface area contributed by atoms with Crippen molar-refractivity contribution in [1.82, 2.24) is 21.1 Å². The maximum absolute atomic E-state index is 12.9. The number of fused-ring (bicyclic) bond motifs is 2. The quantitative estimate of drug-likeness (QED) is 0.755. The van der Waals surface area contributed by atoms with Crippen LogP contribution in [-0.2, 0) is 9.59 Å². The van der Waals surface area contributed by atoms with Crippen LogP contribution in [0.3, 0.4) is 0 Å². The van der Waals surface area contributed by atoms with E-state index in [2.05, 4.69) is 58.6 Å². The maximum Gasteiger partial charge on any atom is 0.245 e. The van der Waals surface area contributed by atoms with Gasteiger partial charge in [0.2, 0.25) is 11.8 Å². The molecule has 0 saturated carbocycles. The van der Waals surface area contributed by atoms with Gasteiger partial charge in [0.1, 0.15) is 6.04 Å². The number of piperidine rings is 1. The van der Waals surface area contributed by atoms with Crippen LogP contribution in [0.5, 0.6) is 0 Å². The van der Waals surface area contributed by atoms with E-state index in [1.807, 2.05) is 4.90 Å². The second-order valence-electron chi connectivity index (χ2n) is 7.84.